The van der Waals surface area contributed by atoms with Crippen LogP contribution in [0.15, 0.2) is 66.1 Å². The van der Waals surface area contributed by atoms with Crippen molar-refractivity contribution < 1.29 is 37.3 Å². The Balaban J connectivity index is 0.000000488. The zero-order valence-corrected chi connectivity index (χ0v) is 25.8. The van der Waals surface area contributed by atoms with Gasteiger partial charge in [-0.2, -0.15) is 0 Å². The SMILES string of the molecule is Cn1cnc(S(=O)(=O)CCCOc2ccc3c(c2)C(Cc2cc(F)cc(Cl)c2)C(N2CCC2)CC3)c1.O=C(O)/C=C/C(=O)O. The Kier molecular flexibility index (Phi) is 11.2. The summed E-state index contributed by atoms with van der Waals surface area (Å²) in [5.41, 5.74) is 3.43. The van der Waals surface area contributed by atoms with Crippen molar-refractivity contribution in [3.05, 3.63) is 88.6 Å². The van der Waals surface area contributed by atoms with Gasteiger partial charge in [-0.25, -0.2) is 27.4 Å². The molecule has 2 heterocycles. The number of carbonyl (C=O) groups is 2. The van der Waals surface area contributed by atoms with Gasteiger partial charge < -0.3 is 19.5 Å². The van der Waals surface area contributed by atoms with Crippen LogP contribution in [0.2, 0.25) is 5.02 Å². The quantitative estimate of drug-likeness (QED) is 0.227. The fourth-order valence-corrected chi connectivity index (χ4v) is 7.01. The Morgan fingerprint density at radius 1 is 1.14 bits per heavy atom. The van der Waals surface area contributed by atoms with E-state index in [1.165, 1.54) is 36.1 Å². The van der Waals surface area contributed by atoms with Gasteiger partial charge in [-0.15, -0.1) is 0 Å². The van der Waals surface area contributed by atoms with Gasteiger partial charge in [0.1, 0.15) is 11.6 Å². The van der Waals surface area contributed by atoms with Gasteiger partial charge in [-0.1, -0.05) is 17.7 Å². The van der Waals surface area contributed by atoms with Gasteiger partial charge in [0.15, 0.2) is 14.9 Å². The molecule has 1 aliphatic heterocycles. The van der Waals surface area contributed by atoms with Crippen molar-refractivity contribution in [3.8, 4) is 5.75 Å². The van der Waals surface area contributed by atoms with E-state index in [0.29, 0.717) is 42.7 Å². The standard InChI is InChI=1S/C27H31ClFN3O3S.C4H4O4/c1-31-17-27(30-18-31)36(33,34)11-3-10-35-23-6-4-20-5-7-26(32-8-2-9-32)25(24(20)16-23)14-19-12-21(28)15-22(29)13-19;5-3(6)1-2-4(7)8/h4,6,12-13,15-18,25-26H,2-3,5,7-11,14H2,1H3;1-2H,(H,5,6)(H,7,8)/b;2-1+. The fraction of sp³-hybridized carbons (Fsp3) is 0.387. The number of aryl methyl sites for hydroxylation is 2. The molecule has 1 aromatic heterocycles. The van der Waals surface area contributed by atoms with Gasteiger partial charge in [0.2, 0.25) is 0 Å². The summed E-state index contributed by atoms with van der Waals surface area (Å²) in [6.07, 6.45) is 8.48. The molecular weight excluding hydrogens is 613 g/mol. The highest BCUT2D eigenvalue weighted by Gasteiger charge is 2.36. The number of aromatic nitrogens is 2. The Bertz CT molecular complexity index is 1590. The maximum atomic E-state index is 14.1. The molecule has 0 saturated carbocycles. The number of halogens is 2. The maximum Gasteiger partial charge on any atom is 0.328 e. The molecule has 0 radical (unpaired) electrons. The molecule has 44 heavy (non-hydrogen) atoms. The minimum absolute atomic E-state index is 0.0189. The van der Waals surface area contributed by atoms with Gasteiger partial charge in [0, 0.05) is 42.4 Å². The average Bonchev–Trinajstić information content (AvgIpc) is 3.37. The number of carboxylic acid groups (broad SMARTS) is 2. The zero-order chi connectivity index (χ0) is 31.9. The van der Waals surface area contributed by atoms with E-state index in [-0.39, 0.29) is 22.5 Å². The number of imidazole rings is 1. The maximum absolute atomic E-state index is 14.1. The molecule has 2 unspecified atom stereocenters. The van der Waals surface area contributed by atoms with E-state index >= 15 is 0 Å². The van der Waals surface area contributed by atoms with E-state index in [4.69, 9.17) is 26.6 Å². The molecule has 1 saturated heterocycles. The smallest absolute Gasteiger partial charge is 0.328 e. The first-order chi connectivity index (χ1) is 20.9. The highest BCUT2D eigenvalue weighted by Crippen LogP contribution is 2.40. The molecule has 1 aliphatic carbocycles. The minimum Gasteiger partial charge on any atom is -0.494 e. The van der Waals surface area contributed by atoms with Gasteiger partial charge in [0.05, 0.1) is 18.7 Å². The van der Waals surface area contributed by atoms with Crippen LogP contribution in [0.5, 0.6) is 5.75 Å². The second kappa shape index (κ2) is 14.8. The first-order valence-corrected chi connectivity index (χ1v) is 16.2. The van der Waals surface area contributed by atoms with Crippen LogP contribution in [0, 0.1) is 5.82 Å². The highest BCUT2D eigenvalue weighted by molar-refractivity contribution is 7.91. The van der Waals surface area contributed by atoms with E-state index < -0.39 is 21.8 Å². The van der Waals surface area contributed by atoms with E-state index in [2.05, 4.69) is 22.0 Å². The Labute approximate surface area is 260 Å². The van der Waals surface area contributed by atoms with Crippen molar-refractivity contribution in [2.45, 2.75) is 49.1 Å². The number of ether oxygens (including phenoxy) is 1. The zero-order valence-electron chi connectivity index (χ0n) is 24.2. The molecule has 0 spiro atoms. The van der Waals surface area contributed by atoms with Gasteiger partial charge in [-0.3, -0.25) is 4.90 Å². The molecule has 0 amide bonds. The fourth-order valence-electron chi connectivity index (χ4n) is 5.52. The number of sulfone groups is 1. The lowest BCUT2D eigenvalue weighted by molar-refractivity contribution is -0.134. The summed E-state index contributed by atoms with van der Waals surface area (Å²) < 4.78 is 46.6. The summed E-state index contributed by atoms with van der Waals surface area (Å²) in [6, 6.07) is 11.4. The lowest BCUT2D eigenvalue weighted by atomic mass is 9.75. The summed E-state index contributed by atoms with van der Waals surface area (Å²) in [5, 5.41) is 16.1. The number of hydrogen-bond donors (Lipinski definition) is 2. The molecule has 2 aliphatic rings. The van der Waals surface area contributed by atoms with Crippen molar-refractivity contribution in [1.29, 1.82) is 0 Å². The number of fused-ring (bicyclic) bond motifs is 1. The van der Waals surface area contributed by atoms with E-state index in [1.54, 1.807) is 17.7 Å². The second-order valence-electron chi connectivity index (χ2n) is 10.9. The summed E-state index contributed by atoms with van der Waals surface area (Å²) in [7, 11) is -1.69. The molecule has 2 aromatic carbocycles. The highest BCUT2D eigenvalue weighted by atomic mass is 35.5. The van der Waals surface area contributed by atoms with Crippen LogP contribution in [-0.4, -0.2) is 76.5 Å². The van der Waals surface area contributed by atoms with Crippen LogP contribution in [0.25, 0.3) is 0 Å². The third-order valence-electron chi connectivity index (χ3n) is 7.62. The van der Waals surface area contributed by atoms with Crippen LogP contribution >= 0.6 is 11.6 Å². The third-order valence-corrected chi connectivity index (χ3v) is 9.52. The van der Waals surface area contributed by atoms with Crippen LogP contribution in [-0.2, 0) is 39.3 Å². The van der Waals surface area contributed by atoms with E-state index in [9.17, 15) is 22.4 Å². The Hall–Kier alpha value is -3.74. The monoisotopic (exact) mass is 647 g/mol. The summed E-state index contributed by atoms with van der Waals surface area (Å²) in [4.78, 5) is 25.6. The van der Waals surface area contributed by atoms with Crippen molar-refractivity contribution >= 4 is 33.4 Å². The number of carboxylic acids is 2. The summed E-state index contributed by atoms with van der Waals surface area (Å²) in [5.74, 6) is -1.91. The molecule has 10 nitrogen and oxygen atoms in total. The van der Waals surface area contributed by atoms with Crippen molar-refractivity contribution in [3.63, 3.8) is 0 Å². The number of rotatable bonds is 11. The van der Waals surface area contributed by atoms with Gasteiger partial charge in [0.25, 0.3) is 0 Å². The predicted molar refractivity (Wildman–Crippen MR) is 162 cm³/mol. The van der Waals surface area contributed by atoms with Crippen LogP contribution < -0.4 is 4.74 Å². The van der Waals surface area contributed by atoms with Crippen LogP contribution in [0.3, 0.4) is 0 Å². The molecule has 2 atom stereocenters. The molecular formula is C31H35ClFN3O7S. The number of hydrogen-bond acceptors (Lipinski definition) is 7. The number of aliphatic carboxylic acids is 2. The molecule has 2 N–H and O–H groups in total. The first kappa shape index (κ1) is 33.2. The number of nitrogens with zero attached hydrogens (tertiary/aromatic N) is 3. The van der Waals surface area contributed by atoms with E-state index in [0.717, 1.165) is 37.2 Å². The first-order valence-electron chi connectivity index (χ1n) is 14.2. The minimum atomic E-state index is -3.43. The van der Waals surface area contributed by atoms with Crippen LogP contribution in [0.4, 0.5) is 4.39 Å². The molecule has 236 valence electrons. The molecule has 13 heteroatoms. The topological polar surface area (TPSA) is 139 Å². The number of likely N-dealkylation sites (tertiary alicyclic amines) is 1. The van der Waals surface area contributed by atoms with Crippen molar-refractivity contribution in [2.75, 3.05) is 25.4 Å². The van der Waals surface area contributed by atoms with Gasteiger partial charge in [-0.05, 0) is 92.2 Å². The normalized spacial score (nSPS) is 18.2. The molecule has 1 fully saturated rings. The second-order valence-corrected chi connectivity index (χ2v) is 13.3. The third kappa shape index (κ3) is 9.13. The summed E-state index contributed by atoms with van der Waals surface area (Å²) in [6.45, 7) is 2.49. The number of benzene rings is 2. The Morgan fingerprint density at radius 2 is 1.86 bits per heavy atom. The largest absolute Gasteiger partial charge is 0.494 e. The van der Waals surface area contributed by atoms with Crippen molar-refractivity contribution in [1.82, 2.24) is 14.5 Å². The lowest BCUT2D eigenvalue weighted by Gasteiger charge is -2.45. The molecule has 5 rings (SSSR count). The summed E-state index contributed by atoms with van der Waals surface area (Å²) >= 11 is 6.16. The van der Waals surface area contributed by atoms with Crippen LogP contribution in [0.1, 0.15) is 41.9 Å². The van der Waals surface area contributed by atoms with E-state index in [1.807, 2.05) is 12.1 Å². The predicted octanol–water partition coefficient (Wildman–Crippen LogP) is 4.51. The molecule has 3 aromatic rings. The van der Waals surface area contributed by atoms with Gasteiger partial charge >= 0.3 is 11.9 Å². The Morgan fingerprint density at radius 3 is 2.45 bits per heavy atom. The lowest BCUT2D eigenvalue weighted by Crippen LogP contribution is -2.49. The average molecular weight is 648 g/mol. The van der Waals surface area contributed by atoms with Crippen molar-refractivity contribution in [2.24, 2.45) is 7.05 Å². The molecule has 0 bridgehead atoms.